The summed E-state index contributed by atoms with van der Waals surface area (Å²) in [6.07, 6.45) is 3.81. The molecule has 0 saturated carbocycles. The largest absolute Gasteiger partial charge is 0.469 e. The van der Waals surface area contributed by atoms with Crippen molar-refractivity contribution in [2.24, 2.45) is 0 Å². The molecule has 0 bridgehead atoms. The highest BCUT2D eigenvalue weighted by atomic mass is 16.5. The Morgan fingerprint density at radius 3 is 2.76 bits per heavy atom. The summed E-state index contributed by atoms with van der Waals surface area (Å²) in [5, 5.41) is 0. The van der Waals surface area contributed by atoms with E-state index in [1.807, 2.05) is 30.3 Å². The van der Waals surface area contributed by atoms with E-state index in [1.165, 1.54) is 7.11 Å². The SMILES string of the molecule is CCC1(CC(=O)OC)CCCn2c(C=O)cc(-c3ccccc3N)c21. The van der Waals surface area contributed by atoms with Crippen LogP contribution in [-0.4, -0.2) is 23.9 Å². The summed E-state index contributed by atoms with van der Waals surface area (Å²) in [6.45, 7) is 2.86. The van der Waals surface area contributed by atoms with Crippen molar-refractivity contribution in [1.82, 2.24) is 4.57 Å². The van der Waals surface area contributed by atoms with Crippen LogP contribution in [0.1, 0.15) is 48.8 Å². The Labute approximate surface area is 147 Å². The Bertz CT molecular complexity index is 809. The molecule has 5 heteroatoms. The number of carbonyl (C=O) groups is 2. The number of nitrogens with two attached hydrogens (primary N) is 1. The molecule has 0 spiro atoms. The Morgan fingerprint density at radius 2 is 2.12 bits per heavy atom. The van der Waals surface area contributed by atoms with Gasteiger partial charge in [-0.05, 0) is 31.4 Å². The lowest BCUT2D eigenvalue weighted by Gasteiger charge is -2.38. The van der Waals surface area contributed by atoms with Crippen molar-refractivity contribution >= 4 is 17.9 Å². The average molecular weight is 340 g/mol. The molecule has 132 valence electrons. The van der Waals surface area contributed by atoms with Gasteiger partial charge >= 0.3 is 5.97 Å². The molecule has 2 N–H and O–H groups in total. The third kappa shape index (κ3) is 2.84. The van der Waals surface area contributed by atoms with Gasteiger partial charge in [-0.15, -0.1) is 0 Å². The summed E-state index contributed by atoms with van der Waals surface area (Å²) in [4.78, 5) is 23.8. The van der Waals surface area contributed by atoms with E-state index in [0.717, 1.165) is 48.9 Å². The topological polar surface area (TPSA) is 74.3 Å². The minimum absolute atomic E-state index is 0.226. The van der Waals surface area contributed by atoms with Gasteiger partial charge in [0.25, 0.3) is 0 Å². The van der Waals surface area contributed by atoms with Crippen molar-refractivity contribution < 1.29 is 14.3 Å². The highest BCUT2D eigenvalue weighted by Gasteiger charge is 2.41. The smallest absolute Gasteiger partial charge is 0.306 e. The Hall–Kier alpha value is -2.56. The minimum Gasteiger partial charge on any atom is -0.469 e. The van der Waals surface area contributed by atoms with Crippen molar-refractivity contribution in [1.29, 1.82) is 0 Å². The lowest BCUT2D eigenvalue weighted by Crippen LogP contribution is -2.36. The number of hydrogen-bond donors (Lipinski definition) is 1. The first-order valence-corrected chi connectivity index (χ1v) is 8.67. The second kappa shape index (κ2) is 6.75. The Balaban J connectivity index is 2.26. The van der Waals surface area contributed by atoms with Crippen LogP contribution >= 0.6 is 0 Å². The molecule has 1 unspecified atom stereocenters. The maximum atomic E-state index is 12.1. The van der Waals surface area contributed by atoms with Gasteiger partial charge in [0, 0.05) is 34.5 Å². The van der Waals surface area contributed by atoms with Crippen LogP contribution in [0.25, 0.3) is 11.1 Å². The first-order valence-electron chi connectivity index (χ1n) is 8.67. The first kappa shape index (κ1) is 17.3. The molecule has 0 saturated heterocycles. The molecule has 1 aliphatic rings. The number of nitrogen functional groups attached to an aromatic ring is 1. The van der Waals surface area contributed by atoms with E-state index >= 15 is 0 Å². The predicted octanol–water partition coefficient (Wildman–Crippen LogP) is 3.55. The molecule has 5 nitrogen and oxygen atoms in total. The summed E-state index contributed by atoms with van der Waals surface area (Å²) in [7, 11) is 1.42. The number of nitrogens with zero attached hydrogens (tertiary/aromatic N) is 1. The molecule has 2 aromatic rings. The number of esters is 1. The zero-order chi connectivity index (χ0) is 18.0. The monoisotopic (exact) mass is 340 g/mol. The van der Waals surface area contributed by atoms with E-state index in [2.05, 4.69) is 11.5 Å². The number of fused-ring (bicyclic) bond motifs is 1. The van der Waals surface area contributed by atoms with Crippen molar-refractivity contribution in [3.63, 3.8) is 0 Å². The number of methoxy groups -OCH3 is 1. The summed E-state index contributed by atoms with van der Waals surface area (Å²) in [5.41, 5.74) is 10.1. The number of ether oxygens (including phenoxy) is 1. The van der Waals surface area contributed by atoms with Gasteiger partial charge in [-0.2, -0.15) is 0 Å². The molecule has 0 fully saturated rings. The van der Waals surface area contributed by atoms with Crippen molar-refractivity contribution in [3.05, 3.63) is 41.7 Å². The highest BCUT2D eigenvalue weighted by molar-refractivity contribution is 5.85. The van der Waals surface area contributed by atoms with Gasteiger partial charge in [0.2, 0.25) is 0 Å². The fourth-order valence-electron chi connectivity index (χ4n) is 4.11. The third-order valence-corrected chi connectivity index (χ3v) is 5.43. The standard InChI is InChI=1S/C20H24N2O3/c1-3-20(12-18(24)25-2)9-6-10-22-14(13-23)11-16(19(20)22)15-7-4-5-8-17(15)21/h4-5,7-8,11,13H,3,6,9-10,12,21H2,1-2H3. The van der Waals surface area contributed by atoms with E-state index in [1.54, 1.807) is 0 Å². The Kier molecular flexibility index (Phi) is 4.66. The van der Waals surface area contributed by atoms with Gasteiger partial charge < -0.3 is 15.0 Å². The lowest BCUT2D eigenvalue weighted by molar-refractivity contribution is -0.142. The number of para-hydroxylation sites is 1. The minimum atomic E-state index is -0.343. The van der Waals surface area contributed by atoms with E-state index in [9.17, 15) is 9.59 Å². The maximum absolute atomic E-state index is 12.1. The third-order valence-electron chi connectivity index (χ3n) is 5.43. The fraction of sp³-hybridized carbons (Fsp3) is 0.400. The summed E-state index contributed by atoms with van der Waals surface area (Å²) in [6, 6.07) is 9.56. The van der Waals surface area contributed by atoms with Crippen LogP contribution in [0.2, 0.25) is 0 Å². The number of rotatable bonds is 5. The second-order valence-corrected chi connectivity index (χ2v) is 6.68. The van der Waals surface area contributed by atoms with E-state index in [-0.39, 0.29) is 11.4 Å². The molecule has 0 radical (unpaired) electrons. The molecule has 1 atom stereocenters. The molecule has 0 amide bonds. The van der Waals surface area contributed by atoms with Crippen LogP contribution in [0.5, 0.6) is 0 Å². The zero-order valence-electron chi connectivity index (χ0n) is 14.7. The van der Waals surface area contributed by atoms with Gasteiger partial charge in [-0.3, -0.25) is 9.59 Å². The summed E-state index contributed by atoms with van der Waals surface area (Å²) in [5.74, 6) is -0.226. The van der Waals surface area contributed by atoms with Gasteiger partial charge in [0.1, 0.15) is 0 Å². The Morgan fingerprint density at radius 1 is 1.36 bits per heavy atom. The van der Waals surface area contributed by atoms with Gasteiger partial charge in [0.05, 0.1) is 19.2 Å². The summed E-state index contributed by atoms with van der Waals surface area (Å²) < 4.78 is 7.02. The van der Waals surface area contributed by atoms with Gasteiger partial charge in [-0.25, -0.2) is 0 Å². The van der Waals surface area contributed by atoms with Crippen LogP contribution < -0.4 is 5.73 Å². The van der Waals surface area contributed by atoms with Crippen molar-refractivity contribution in [2.45, 2.75) is 44.6 Å². The molecule has 1 aromatic carbocycles. The van der Waals surface area contributed by atoms with Crippen LogP contribution in [-0.2, 0) is 21.5 Å². The van der Waals surface area contributed by atoms with Crippen molar-refractivity contribution in [2.75, 3.05) is 12.8 Å². The molecule has 1 aliphatic heterocycles. The number of benzene rings is 1. The fourth-order valence-corrected chi connectivity index (χ4v) is 4.11. The number of aldehydes is 1. The van der Waals surface area contributed by atoms with E-state index < -0.39 is 0 Å². The molecular formula is C20H24N2O3. The molecular weight excluding hydrogens is 316 g/mol. The van der Waals surface area contributed by atoms with Gasteiger partial charge in [0.15, 0.2) is 6.29 Å². The number of carbonyl (C=O) groups excluding carboxylic acids is 2. The van der Waals surface area contributed by atoms with E-state index in [0.29, 0.717) is 17.8 Å². The summed E-state index contributed by atoms with van der Waals surface area (Å²) >= 11 is 0. The average Bonchev–Trinajstić information content (AvgIpc) is 3.02. The molecule has 3 rings (SSSR count). The van der Waals surface area contributed by atoms with Crippen LogP contribution in [0, 0.1) is 0 Å². The predicted molar refractivity (Wildman–Crippen MR) is 97.5 cm³/mol. The van der Waals surface area contributed by atoms with Crippen LogP contribution in [0.4, 0.5) is 5.69 Å². The zero-order valence-corrected chi connectivity index (χ0v) is 14.7. The molecule has 1 aromatic heterocycles. The number of anilines is 1. The molecule has 25 heavy (non-hydrogen) atoms. The molecule has 0 aliphatic carbocycles. The van der Waals surface area contributed by atoms with Gasteiger partial charge in [-0.1, -0.05) is 25.1 Å². The highest BCUT2D eigenvalue weighted by Crippen LogP contribution is 2.47. The normalized spacial score (nSPS) is 19.3. The number of hydrogen-bond acceptors (Lipinski definition) is 4. The number of aromatic nitrogens is 1. The first-order chi connectivity index (χ1) is 12.1. The van der Waals surface area contributed by atoms with Crippen LogP contribution in [0.15, 0.2) is 30.3 Å². The molecule has 2 heterocycles. The van der Waals surface area contributed by atoms with Crippen molar-refractivity contribution in [3.8, 4) is 11.1 Å². The lowest BCUT2D eigenvalue weighted by atomic mass is 9.71. The maximum Gasteiger partial charge on any atom is 0.306 e. The van der Waals surface area contributed by atoms with Crippen LogP contribution in [0.3, 0.4) is 0 Å². The van der Waals surface area contributed by atoms with E-state index in [4.69, 9.17) is 10.5 Å². The second-order valence-electron chi connectivity index (χ2n) is 6.68. The quantitative estimate of drug-likeness (QED) is 0.513.